The first-order valence-corrected chi connectivity index (χ1v) is 11.2. The van der Waals surface area contributed by atoms with Crippen molar-refractivity contribution in [1.82, 2.24) is 19.7 Å². The quantitative estimate of drug-likeness (QED) is 0.565. The van der Waals surface area contributed by atoms with Gasteiger partial charge in [-0.1, -0.05) is 11.3 Å². The lowest BCUT2D eigenvalue weighted by atomic mass is 10.1. The van der Waals surface area contributed by atoms with Crippen LogP contribution in [0, 0.1) is 5.82 Å². The number of carbonyl (C=O) groups excluding carboxylic acids is 1. The van der Waals surface area contributed by atoms with Gasteiger partial charge in [-0.3, -0.25) is 14.5 Å². The summed E-state index contributed by atoms with van der Waals surface area (Å²) in [6.07, 6.45) is 0. The Balaban J connectivity index is 0.00000306. The zero-order valence-corrected chi connectivity index (χ0v) is 19.9. The molecule has 8 nitrogen and oxygen atoms in total. The number of carbonyl (C=O) groups is 1. The Morgan fingerprint density at radius 2 is 1.88 bits per heavy atom. The van der Waals surface area contributed by atoms with Crippen LogP contribution in [0.5, 0.6) is 0 Å². The Labute approximate surface area is 200 Å². The first-order chi connectivity index (χ1) is 15.4. The molecule has 1 amide bonds. The zero-order valence-electron chi connectivity index (χ0n) is 18.3. The van der Waals surface area contributed by atoms with Gasteiger partial charge in [-0.2, -0.15) is 5.10 Å². The van der Waals surface area contributed by atoms with E-state index in [1.54, 1.807) is 18.2 Å². The number of halogens is 2. The monoisotopic (exact) mass is 493 g/mol. The van der Waals surface area contributed by atoms with E-state index in [0.29, 0.717) is 53.3 Å². The van der Waals surface area contributed by atoms with E-state index < -0.39 is 0 Å². The lowest BCUT2D eigenvalue weighted by Crippen LogP contribution is -2.41. The third-order valence-electron chi connectivity index (χ3n) is 5.01. The van der Waals surface area contributed by atoms with E-state index in [2.05, 4.69) is 15.4 Å². The summed E-state index contributed by atoms with van der Waals surface area (Å²) < 4.78 is 20.2. The van der Waals surface area contributed by atoms with Crippen LogP contribution >= 0.6 is 23.7 Å². The molecule has 33 heavy (non-hydrogen) atoms. The van der Waals surface area contributed by atoms with Crippen molar-refractivity contribution in [3.8, 4) is 21.8 Å². The van der Waals surface area contributed by atoms with Crippen molar-refractivity contribution >= 4 is 34.8 Å². The number of benzene rings is 1. The Kier molecular flexibility index (Phi) is 8.30. The second-order valence-electron chi connectivity index (χ2n) is 7.74. The van der Waals surface area contributed by atoms with E-state index in [4.69, 9.17) is 4.74 Å². The Hall–Kier alpha value is -2.66. The third-order valence-corrected chi connectivity index (χ3v) is 6.00. The van der Waals surface area contributed by atoms with Crippen molar-refractivity contribution in [3.63, 3.8) is 0 Å². The molecule has 0 radical (unpaired) electrons. The molecule has 0 spiro atoms. The number of hydrogen-bond acceptors (Lipinski definition) is 7. The van der Waals surface area contributed by atoms with Gasteiger partial charge in [-0.25, -0.2) is 14.1 Å². The SMILES string of the molecule is CC(C)n1nc(-c2sc(NC(=O)CN3CCOCC3)nc2-c2ccc(F)cc2)ccc1=O.Cl. The summed E-state index contributed by atoms with van der Waals surface area (Å²) in [5, 5.41) is 7.78. The predicted octanol–water partition coefficient (Wildman–Crippen LogP) is 3.45. The minimum absolute atomic E-state index is 0. The molecule has 1 aliphatic heterocycles. The summed E-state index contributed by atoms with van der Waals surface area (Å²) in [4.78, 5) is 32.0. The summed E-state index contributed by atoms with van der Waals surface area (Å²) >= 11 is 1.27. The molecule has 3 heterocycles. The molecule has 2 aromatic heterocycles. The minimum atomic E-state index is -0.351. The topological polar surface area (TPSA) is 89.3 Å². The molecule has 1 aromatic carbocycles. The number of anilines is 1. The maximum absolute atomic E-state index is 13.5. The van der Waals surface area contributed by atoms with Gasteiger partial charge in [-0.15, -0.1) is 12.4 Å². The fourth-order valence-electron chi connectivity index (χ4n) is 3.39. The van der Waals surface area contributed by atoms with Gasteiger partial charge >= 0.3 is 0 Å². The number of nitrogens with zero attached hydrogens (tertiary/aromatic N) is 4. The number of ether oxygens (including phenoxy) is 1. The van der Waals surface area contributed by atoms with E-state index in [1.807, 2.05) is 18.7 Å². The molecule has 0 atom stereocenters. The summed E-state index contributed by atoms with van der Waals surface area (Å²) in [6.45, 7) is 6.64. The predicted molar refractivity (Wildman–Crippen MR) is 129 cm³/mol. The molecule has 1 fully saturated rings. The smallest absolute Gasteiger partial charge is 0.267 e. The number of hydrogen-bond donors (Lipinski definition) is 1. The number of rotatable bonds is 6. The lowest BCUT2D eigenvalue weighted by molar-refractivity contribution is -0.118. The van der Waals surface area contributed by atoms with Crippen LogP contribution in [-0.4, -0.2) is 58.4 Å². The molecular weight excluding hydrogens is 469 g/mol. The van der Waals surface area contributed by atoms with Gasteiger partial charge in [0.05, 0.1) is 36.4 Å². The van der Waals surface area contributed by atoms with Crippen molar-refractivity contribution in [2.24, 2.45) is 0 Å². The Morgan fingerprint density at radius 3 is 2.55 bits per heavy atom. The van der Waals surface area contributed by atoms with Crippen LogP contribution in [0.2, 0.25) is 0 Å². The van der Waals surface area contributed by atoms with Crippen molar-refractivity contribution in [2.45, 2.75) is 19.9 Å². The fourth-order valence-corrected chi connectivity index (χ4v) is 4.36. The highest BCUT2D eigenvalue weighted by molar-refractivity contribution is 7.19. The van der Waals surface area contributed by atoms with Crippen LogP contribution in [0.4, 0.5) is 9.52 Å². The molecule has 0 bridgehead atoms. The van der Waals surface area contributed by atoms with E-state index in [9.17, 15) is 14.0 Å². The van der Waals surface area contributed by atoms with Gasteiger partial charge in [0.1, 0.15) is 11.5 Å². The molecule has 176 valence electrons. The van der Waals surface area contributed by atoms with E-state index in [0.717, 1.165) is 0 Å². The summed E-state index contributed by atoms with van der Waals surface area (Å²) in [5.74, 6) is -0.519. The number of aromatic nitrogens is 3. The number of morpholine rings is 1. The summed E-state index contributed by atoms with van der Waals surface area (Å²) in [5.41, 5.74) is 1.62. The van der Waals surface area contributed by atoms with Crippen molar-refractivity contribution in [1.29, 1.82) is 0 Å². The molecule has 0 saturated carbocycles. The molecule has 1 N–H and O–H groups in total. The average molecular weight is 494 g/mol. The average Bonchev–Trinajstić information content (AvgIpc) is 3.18. The first-order valence-electron chi connectivity index (χ1n) is 10.4. The second kappa shape index (κ2) is 11.0. The van der Waals surface area contributed by atoms with Gasteiger partial charge in [-0.05, 0) is 44.2 Å². The largest absolute Gasteiger partial charge is 0.379 e. The van der Waals surface area contributed by atoms with Crippen molar-refractivity contribution < 1.29 is 13.9 Å². The van der Waals surface area contributed by atoms with Crippen LogP contribution in [0.25, 0.3) is 21.8 Å². The maximum atomic E-state index is 13.5. The molecule has 3 aromatic rings. The molecule has 0 aliphatic carbocycles. The molecule has 1 aliphatic rings. The normalized spacial score (nSPS) is 14.2. The molecule has 11 heteroatoms. The number of nitrogens with one attached hydrogen (secondary N) is 1. The van der Waals surface area contributed by atoms with Crippen molar-refractivity contribution in [3.05, 3.63) is 52.6 Å². The van der Waals surface area contributed by atoms with E-state index >= 15 is 0 Å². The molecule has 1 saturated heterocycles. The van der Waals surface area contributed by atoms with Crippen molar-refractivity contribution in [2.75, 3.05) is 38.2 Å². The van der Waals surface area contributed by atoms with Gasteiger partial charge in [0.2, 0.25) is 5.91 Å². The maximum Gasteiger partial charge on any atom is 0.267 e. The van der Waals surface area contributed by atoms with Gasteiger partial charge in [0.25, 0.3) is 5.56 Å². The Morgan fingerprint density at radius 1 is 1.18 bits per heavy atom. The summed E-state index contributed by atoms with van der Waals surface area (Å²) in [7, 11) is 0. The second-order valence-corrected chi connectivity index (χ2v) is 8.73. The van der Waals surface area contributed by atoms with Crippen LogP contribution in [0.3, 0.4) is 0 Å². The van der Waals surface area contributed by atoms with E-state index in [-0.39, 0.29) is 42.3 Å². The molecular formula is C22H25ClFN5O3S. The van der Waals surface area contributed by atoms with Crippen LogP contribution in [-0.2, 0) is 9.53 Å². The fraction of sp³-hybridized carbons (Fsp3) is 0.364. The summed E-state index contributed by atoms with van der Waals surface area (Å²) in [6, 6.07) is 8.97. The minimum Gasteiger partial charge on any atom is -0.379 e. The molecule has 0 unspecified atom stereocenters. The highest BCUT2D eigenvalue weighted by Crippen LogP contribution is 2.38. The first kappa shape index (κ1) is 25.0. The van der Waals surface area contributed by atoms with Gasteiger partial charge < -0.3 is 10.1 Å². The van der Waals surface area contributed by atoms with Crippen LogP contribution < -0.4 is 10.9 Å². The zero-order chi connectivity index (χ0) is 22.7. The standard InChI is InChI=1S/C22H24FN5O3S.ClH/c1-14(2)28-19(30)8-7-17(26-28)21-20(15-3-5-16(23)6-4-15)25-22(32-21)24-18(29)13-27-9-11-31-12-10-27;/h3-8,14H,9-13H2,1-2H3,(H,24,25,29);1H. The highest BCUT2D eigenvalue weighted by Gasteiger charge is 2.20. The highest BCUT2D eigenvalue weighted by atomic mass is 35.5. The van der Waals surface area contributed by atoms with Crippen LogP contribution in [0.1, 0.15) is 19.9 Å². The molecule has 4 rings (SSSR count). The van der Waals surface area contributed by atoms with E-state index in [1.165, 1.54) is 34.2 Å². The lowest BCUT2D eigenvalue weighted by Gasteiger charge is -2.25. The third kappa shape index (κ3) is 6.02. The Bertz CT molecular complexity index is 1160. The number of thiazole rings is 1. The number of amides is 1. The van der Waals surface area contributed by atoms with Crippen LogP contribution in [0.15, 0.2) is 41.2 Å². The van der Waals surface area contributed by atoms with Gasteiger partial charge in [0, 0.05) is 24.7 Å². The van der Waals surface area contributed by atoms with Gasteiger partial charge in [0.15, 0.2) is 5.13 Å².